The van der Waals surface area contributed by atoms with Crippen molar-refractivity contribution in [2.24, 2.45) is 0 Å². The fourth-order valence-electron chi connectivity index (χ4n) is 11.1. The topological polar surface area (TPSA) is 0 Å². The Morgan fingerprint density at radius 2 is 0.604 bits per heavy atom. The Hall–Kier alpha value is -6.24. The van der Waals surface area contributed by atoms with E-state index < -0.39 is 10.8 Å². The molecule has 0 aromatic heterocycles. The first-order chi connectivity index (χ1) is 26.1. The zero-order valence-electron chi connectivity index (χ0n) is 29.8. The molecule has 9 aromatic carbocycles. The molecule has 2 spiro atoms. The van der Waals surface area contributed by atoms with Crippen LogP contribution in [0, 0.1) is 0 Å². The molecule has 9 aromatic rings. The quantitative estimate of drug-likeness (QED) is 0.152. The first kappa shape index (κ1) is 29.3. The molecule has 0 saturated carbocycles. The summed E-state index contributed by atoms with van der Waals surface area (Å²) in [6.07, 6.45) is 0. The average Bonchev–Trinajstić information content (AvgIpc) is 3.68. The molecule has 0 saturated heterocycles. The lowest BCUT2D eigenvalue weighted by Crippen LogP contribution is -2.43. The van der Waals surface area contributed by atoms with E-state index in [2.05, 4.69) is 190 Å². The smallest absolute Gasteiger partial charge is 0.0619 e. The first-order valence-electron chi connectivity index (χ1n) is 19.1. The molecule has 12 rings (SSSR count). The molecule has 0 heteroatoms. The van der Waals surface area contributed by atoms with Crippen LogP contribution in [0.15, 0.2) is 176 Å². The Morgan fingerprint density at radius 3 is 1.00 bits per heavy atom. The van der Waals surface area contributed by atoms with Gasteiger partial charge in [-0.25, -0.2) is 0 Å². The Kier molecular flexibility index (Phi) is 5.65. The third kappa shape index (κ3) is 3.39. The van der Waals surface area contributed by atoms with Gasteiger partial charge in [0, 0.05) is 0 Å². The van der Waals surface area contributed by atoms with Gasteiger partial charge >= 0.3 is 0 Å². The maximum absolute atomic E-state index is 2.63. The zero-order valence-corrected chi connectivity index (χ0v) is 29.8. The molecule has 53 heavy (non-hydrogen) atoms. The van der Waals surface area contributed by atoms with Crippen LogP contribution in [-0.2, 0) is 10.8 Å². The van der Waals surface area contributed by atoms with Gasteiger partial charge in [-0.05, 0) is 123 Å². The summed E-state index contributed by atoms with van der Waals surface area (Å²) in [4.78, 5) is 0. The highest BCUT2D eigenvalue weighted by molar-refractivity contribution is 6.26. The lowest BCUT2D eigenvalue weighted by molar-refractivity contribution is 0.634. The van der Waals surface area contributed by atoms with E-state index in [-0.39, 0.29) is 0 Å². The molecule has 0 N–H and O–H groups in total. The minimum Gasteiger partial charge on any atom is -0.0619 e. The molecular formula is C53H36. The molecule has 0 unspecified atom stereocenters. The second kappa shape index (κ2) is 10.2. The van der Waals surface area contributed by atoms with Crippen molar-refractivity contribution in [2.45, 2.75) is 30.6 Å². The number of benzene rings is 9. The summed E-state index contributed by atoms with van der Waals surface area (Å²) >= 11 is 0. The first-order valence-corrected chi connectivity index (χ1v) is 19.1. The molecule has 0 fully saturated rings. The van der Waals surface area contributed by atoms with Crippen molar-refractivity contribution in [2.75, 3.05) is 0 Å². The summed E-state index contributed by atoms with van der Waals surface area (Å²) in [5, 5.41) is 7.93. The highest BCUT2D eigenvalue weighted by Gasteiger charge is 2.59. The molecular weight excluding hydrogens is 637 g/mol. The maximum atomic E-state index is 2.63. The van der Waals surface area contributed by atoms with Crippen molar-refractivity contribution >= 4 is 32.3 Å². The maximum Gasteiger partial charge on any atom is 0.0720 e. The molecule has 0 radical (unpaired) electrons. The van der Waals surface area contributed by atoms with E-state index in [0.29, 0.717) is 5.92 Å². The van der Waals surface area contributed by atoms with Crippen molar-refractivity contribution in [3.05, 3.63) is 226 Å². The van der Waals surface area contributed by atoms with Gasteiger partial charge < -0.3 is 0 Å². The van der Waals surface area contributed by atoms with Crippen molar-refractivity contribution < 1.29 is 0 Å². The molecule has 0 nitrogen and oxygen atoms in total. The summed E-state index contributed by atoms with van der Waals surface area (Å²) in [5.41, 5.74) is 16.7. The van der Waals surface area contributed by atoms with Crippen LogP contribution < -0.4 is 0 Å². The van der Waals surface area contributed by atoms with Crippen LogP contribution in [0.25, 0.3) is 54.6 Å². The van der Waals surface area contributed by atoms with E-state index in [1.165, 1.54) is 105 Å². The minimum absolute atomic E-state index is 0.450. The Morgan fingerprint density at radius 1 is 0.283 bits per heavy atom. The van der Waals surface area contributed by atoms with E-state index in [0.717, 1.165) is 0 Å². The highest BCUT2D eigenvalue weighted by atomic mass is 14.6. The van der Waals surface area contributed by atoms with Crippen molar-refractivity contribution in [3.63, 3.8) is 0 Å². The molecule has 0 amide bonds. The van der Waals surface area contributed by atoms with Crippen molar-refractivity contribution in [1.29, 1.82) is 0 Å². The largest absolute Gasteiger partial charge is 0.0720 e. The monoisotopic (exact) mass is 672 g/mol. The van der Waals surface area contributed by atoms with Gasteiger partial charge in [-0.2, -0.15) is 0 Å². The summed E-state index contributed by atoms with van der Waals surface area (Å²) < 4.78 is 0. The van der Waals surface area contributed by atoms with Crippen molar-refractivity contribution in [1.82, 2.24) is 0 Å². The van der Waals surface area contributed by atoms with Crippen LogP contribution in [0.3, 0.4) is 0 Å². The van der Waals surface area contributed by atoms with Crippen LogP contribution in [0.1, 0.15) is 69.8 Å². The Bertz CT molecular complexity index is 2950. The molecule has 248 valence electrons. The molecule has 3 aliphatic carbocycles. The number of hydrogen-bond donors (Lipinski definition) is 0. The average molecular weight is 673 g/mol. The van der Waals surface area contributed by atoms with Gasteiger partial charge in [-0.3, -0.25) is 0 Å². The lowest BCUT2D eigenvalue weighted by Gasteiger charge is -2.49. The third-order valence-corrected chi connectivity index (χ3v) is 13.1. The molecule has 0 aliphatic heterocycles. The zero-order chi connectivity index (χ0) is 35.1. The van der Waals surface area contributed by atoms with Gasteiger partial charge in [0.2, 0.25) is 0 Å². The lowest BCUT2D eigenvalue weighted by atomic mass is 9.52. The fourth-order valence-corrected chi connectivity index (χ4v) is 11.1. The summed E-state index contributed by atoms with van der Waals surface area (Å²) in [6, 6.07) is 67.8. The number of fused-ring (bicyclic) bond motifs is 22. The van der Waals surface area contributed by atoms with E-state index in [4.69, 9.17) is 0 Å². The van der Waals surface area contributed by atoms with Gasteiger partial charge in [0.1, 0.15) is 0 Å². The molecule has 0 atom stereocenters. The van der Waals surface area contributed by atoms with Gasteiger partial charge in [0.25, 0.3) is 0 Å². The van der Waals surface area contributed by atoms with Crippen LogP contribution in [-0.4, -0.2) is 0 Å². The van der Waals surface area contributed by atoms with Crippen molar-refractivity contribution in [3.8, 4) is 22.3 Å². The summed E-state index contributed by atoms with van der Waals surface area (Å²) in [5.74, 6) is 0.450. The van der Waals surface area contributed by atoms with Crippen LogP contribution in [0.2, 0.25) is 0 Å². The van der Waals surface area contributed by atoms with Crippen LogP contribution in [0.5, 0.6) is 0 Å². The Labute approximate surface area is 310 Å². The predicted molar refractivity (Wildman–Crippen MR) is 221 cm³/mol. The predicted octanol–water partition coefficient (Wildman–Crippen LogP) is 13.3. The van der Waals surface area contributed by atoms with Gasteiger partial charge in [0.15, 0.2) is 0 Å². The Balaban J connectivity index is 1.37. The normalized spacial score (nSPS) is 15.1. The van der Waals surface area contributed by atoms with E-state index in [1.807, 2.05) is 0 Å². The highest BCUT2D eigenvalue weighted by Crippen LogP contribution is 2.68. The SMILES string of the molecule is CC(C)c1ccc2c(c1)c1ccccc1c1cc3c(cc21)C1(c2ccccc2-c2ccccc21)c1ccccc1C31c2ccccc2-c2ccccc21. The van der Waals surface area contributed by atoms with Crippen LogP contribution >= 0.6 is 0 Å². The van der Waals surface area contributed by atoms with E-state index in [1.54, 1.807) is 0 Å². The van der Waals surface area contributed by atoms with Gasteiger partial charge in [-0.15, -0.1) is 0 Å². The molecule has 0 bridgehead atoms. The summed E-state index contributed by atoms with van der Waals surface area (Å²) in [7, 11) is 0. The standard InChI is InChI=1S/C53H36/c1-32(2)33-27-28-36-41(29-33)34-15-3-4-16-35(34)42-30-50-51(31-43(36)42)53(46-23-11-7-19-39(46)40-20-8-12-24-47(40)53)49-26-14-13-25-48(49)52(50)44-21-9-5-17-37(44)38-18-6-10-22-45(38)52/h3-32H,1-2H3. The number of hydrogen-bond acceptors (Lipinski definition) is 0. The third-order valence-electron chi connectivity index (χ3n) is 13.1. The fraction of sp³-hybridized carbons (Fsp3) is 0.0943. The van der Waals surface area contributed by atoms with Crippen LogP contribution in [0.4, 0.5) is 0 Å². The second-order valence-electron chi connectivity index (χ2n) is 15.7. The summed E-state index contributed by atoms with van der Waals surface area (Å²) in [6.45, 7) is 4.60. The minimum atomic E-state index is -0.499. The molecule has 3 aliphatic rings. The van der Waals surface area contributed by atoms with E-state index >= 15 is 0 Å². The second-order valence-corrected chi connectivity index (χ2v) is 15.7. The number of rotatable bonds is 1. The van der Waals surface area contributed by atoms with Gasteiger partial charge in [-0.1, -0.05) is 178 Å². The van der Waals surface area contributed by atoms with Gasteiger partial charge in [0.05, 0.1) is 10.8 Å². The molecule has 0 heterocycles. The van der Waals surface area contributed by atoms with E-state index in [9.17, 15) is 0 Å².